The molecule has 0 radical (unpaired) electrons. The molecule has 3 aromatic rings. The number of aromatic carboxylic acids is 2. The first-order valence-corrected chi connectivity index (χ1v) is 6.64. The van der Waals surface area contributed by atoms with Crippen molar-refractivity contribution in [1.29, 1.82) is 0 Å². The zero-order valence-electron chi connectivity index (χ0n) is 11.7. The molecule has 23 heavy (non-hydrogen) atoms. The maximum Gasteiger partial charge on any atom is 0.335 e. The Morgan fingerprint density at radius 3 is 2.26 bits per heavy atom. The average Bonchev–Trinajstić information content (AvgIpc) is 3.05. The van der Waals surface area contributed by atoms with Crippen LogP contribution in [0.4, 0.5) is 0 Å². The van der Waals surface area contributed by atoms with E-state index in [-0.39, 0.29) is 11.1 Å². The number of hydrogen-bond donors (Lipinski definition) is 2. The minimum atomic E-state index is -1.01. The number of benzene rings is 2. The molecular formula is C16H11N3O4. The topological polar surface area (TPSA) is 105 Å². The SMILES string of the molecule is O=C(O)c1ccc(-n2cc(-c3cccc(C(=O)O)c3)nn2)cc1. The van der Waals surface area contributed by atoms with Gasteiger partial charge in [0.05, 0.1) is 23.0 Å². The van der Waals surface area contributed by atoms with Crippen LogP contribution in [-0.2, 0) is 0 Å². The van der Waals surface area contributed by atoms with E-state index in [4.69, 9.17) is 10.2 Å². The number of carboxylic acid groups (broad SMARTS) is 2. The number of nitrogens with zero attached hydrogens (tertiary/aromatic N) is 3. The van der Waals surface area contributed by atoms with Crippen molar-refractivity contribution in [2.24, 2.45) is 0 Å². The van der Waals surface area contributed by atoms with Crippen LogP contribution in [0.5, 0.6) is 0 Å². The molecule has 114 valence electrons. The van der Waals surface area contributed by atoms with Gasteiger partial charge in [0, 0.05) is 5.56 Å². The fourth-order valence-corrected chi connectivity index (χ4v) is 2.09. The van der Waals surface area contributed by atoms with E-state index in [1.165, 1.54) is 28.9 Å². The summed E-state index contributed by atoms with van der Waals surface area (Å²) in [6.45, 7) is 0. The summed E-state index contributed by atoms with van der Waals surface area (Å²) in [5.74, 6) is -2.01. The first-order valence-electron chi connectivity index (χ1n) is 6.64. The van der Waals surface area contributed by atoms with Gasteiger partial charge in [-0.1, -0.05) is 17.3 Å². The predicted octanol–water partition coefficient (Wildman–Crippen LogP) is 2.33. The third kappa shape index (κ3) is 2.93. The molecule has 0 saturated heterocycles. The first-order chi connectivity index (χ1) is 11.0. The lowest BCUT2D eigenvalue weighted by Gasteiger charge is -2.00. The number of aromatic nitrogens is 3. The third-order valence-corrected chi connectivity index (χ3v) is 3.28. The minimum absolute atomic E-state index is 0.169. The molecule has 0 atom stereocenters. The molecule has 2 aromatic carbocycles. The highest BCUT2D eigenvalue weighted by Crippen LogP contribution is 2.19. The molecule has 7 nitrogen and oxygen atoms in total. The molecule has 0 aliphatic heterocycles. The number of rotatable bonds is 4. The van der Waals surface area contributed by atoms with Gasteiger partial charge in [-0.05, 0) is 36.4 Å². The van der Waals surface area contributed by atoms with Crippen LogP contribution in [0.3, 0.4) is 0 Å². The Hall–Kier alpha value is -3.48. The van der Waals surface area contributed by atoms with Crippen LogP contribution in [-0.4, -0.2) is 37.1 Å². The molecule has 0 bridgehead atoms. The van der Waals surface area contributed by atoms with Gasteiger partial charge in [0.2, 0.25) is 0 Å². The van der Waals surface area contributed by atoms with Gasteiger partial charge < -0.3 is 10.2 Å². The van der Waals surface area contributed by atoms with Crippen LogP contribution >= 0.6 is 0 Å². The van der Waals surface area contributed by atoms with Gasteiger partial charge in [-0.25, -0.2) is 14.3 Å². The van der Waals surface area contributed by atoms with Crippen LogP contribution in [0.1, 0.15) is 20.7 Å². The summed E-state index contributed by atoms with van der Waals surface area (Å²) in [4.78, 5) is 21.9. The summed E-state index contributed by atoms with van der Waals surface area (Å²) in [6.07, 6.45) is 1.65. The Morgan fingerprint density at radius 2 is 1.61 bits per heavy atom. The van der Waals surface area contributed by atoms with Gasteiger partial charge in [-0.15, -0.1) is 5.10 Å². The molecule has 0 unspecified atom stereocenters. The summed E-state index contributed by atoms with van der Waals surface area (Å²) in [7, 11) is 0. The van der Waals surface area contributed by atoms with E-state index < -0.39 is 11.9 Å². The molecule has 3 rings (SSSR count). The smallest absolute Gasteiger partial charge is 0.335 e. The lowest BCUT2D eigenvalue weighted by atomic mass is 10.1. The zero-order valence-corrected chi connectivity index (χ0v) is 11.7. The van der Waals surface area contributed by atoms with Crippen molar-refractivity contribution in [3.63, 3.8) is 0 Å². The van der Waals surface area contributed by atoms with Crippen LogP contribution < -0.4 is 0 Å². The largest absolute Gasteiger partial charge is 0.478 e. The Morgan fingerprint density at radius 1 is 0.913 bits per heavy atom. The summed E-state index contributed by atoms with van der Waals surface area (Å²) >= 11 is 0. The summed E-state index contributed by atoms with van der Waals surface area (Å²) in [6, 6.07) is 12.6. The van der Waals surface area contributed by atoms with E-state index in [9.17, 15) is 9.59 Å². The fraction of sp³-hybridized carbons (Fsp3) is 0. The van der Waals surface area contributed by atoms with Crippen molar-refractivity contribution >= 4 is 11.9 Å². The second-order valence-electron chi connectivity index (χ2n) is 4.79. The minimum Gasteiger partial charge on any atom is -0.478 e. The summed E-state index contributed by atoms with van der Waals surface area (Å²) < 4.78 is 1.49. The molecule has 0 saturated carbocycles. The van der Waals surface area contributed by atoms with E-state index in [1.54, 1.807) is 30.5 Å². The molecule has 1 aromatic heterocycles. The Balaban J connectivity index is 1.92. The zero-order chi connectivity index (χ0) is 16.4. The number of hydrogen-bond acceptors (Lipinski definition) is 4. The molecule has 0 spiro atoms. The van der Waals surface area contributed by atoms with Gasteiger partial charge >= 0.3 is 11.9 Å². The molecule has 0 aliphatic carbocycles. The van der Waals surface area contributed by atoms with E-state index in [0.717, 1.165) is 0 Å². The molecule has 2 N–H and O–H groups in total. The molecule has 0 aliphatic rings. The van der Waals surface area contributed by atoms with Crippen LogP contribution in [0, 0.1) is 0 Å². The quantitative estimate of drug-likeness (QED) is 0.766. The molecule has 7 heteroatoms. The van der Waals surface area contributed by atoms with Crippen LogP contribution in [0.15, 0.2) is 54.7 Å². The van der Waals surface area contributed by atoms with Crippen molar-refractivity contribution in [1.82, 2.24) is 15.0 Å². The highest BCUT2D eigenvalue weighted by molar-refractivity contribution is 5.89. The predicted molar refractivity (Wildman–Crippen MR) is 80.7 cm³/mol. The van der Waals surface area contributed by atoms with Crippen molar-refractivity contribution < 1.29 is 19.8 Å². The van der Waals surface area contributed by atoms with Gasteiger partial charge in [0.15, 0.2) is 0 Å². The van der Waals surface area contributed by atoms with Crippen molar-refractivity contribution in [3.05, 3.63) is 65.9 Å². The second-order valence-corrected chi connectivity index (χ2v) is 4.79. The highest BCUT2D eigenvalue weighted by atomic mass is 16.4. The van der Waals surface area contributed by atoms with Crippen LogP contribution in [0.2, 0.25) is 0 Å². The van der Waals surface area contributed by atoms with Crippen molar-refractivity contribution in [2.45, 2.75) is 0 Å². The molecule has 0 amide bonds. The highest BCUT2D eigenvalue weighted by Gasteiger charge is 2.09. The van der Waals surface area contributed by atoms with Gasteiger partial charge in [-0.3, -0.25) is 0 Å². The van der Waals surface area contributed by atoms with Gasteiger partial charge in [0.1, 0.15) is 5.69 Å². The van der Waals surface area contributed by atoms with Crippen molar-refractivity contribution in [2.75, 3.05) is 0 Å². The van der Waals surface area contributed by atoms with Gasteiger partial charge in [-0.2, -0.15) is 0 Å². The van der Waals surface area contributed by atoms with E-state index in [0.29, 0.717) is 16.9 Å². The standard InChI is InChI=1S/C16H11N3O4/c20-15(21)10-4-6-13(7-5-10)19-9-14(17-18-19)11-2-1-3-12(8-11)16(22)23/h1-9H,(H,20,21)(H,22,23). The lowest BCUT2D eigenvalue weighted by molar-refractivity contribution is 0.0686. The monoisotopic (exact) mass is 309 g/mol. The van der Waals surface area contributed by atoms with E-state index in [1.807, 2.05) is 0 Å². The maximum absolute atomic E-state index is 11.0. The second kappa shape index (κ2) is 5.72. The molecule has 0 fully saturated rings. The third-order valence-electron chi connectivity index (χ3n) is 3.28. The maximum atomic E-state index is 11.0. The Bertz CT molecular complexity index is 884. The fourth-order valence-electron chi connectivity index (χ4n) is 2.09. The molecule has 1 heterocycles. The van der Waals surface area contributed by atoms with Crippen LogP contribution in [0.25, 0.3) is 16.9 Å². The number of carboxylic acids is 2. The molecular weight excluding hydrogens is 298 g/mol. The normalized spacial score (nSPS) is 10.4. The number of carbonyl (C=O) groups is 2. The lowest BCUT2D eigenvalue weighted by Crippen LogP contribution is -1.98. The summed E-state index contributed by atoms with van der Waals surface area (Å²) in [5, 5.41) is 25.9. The average molecular weight is 309 g/mol. The first kappa shape index (κ1) is 14.5. The summed E-state index contributed by atoms with van der Waals surface area (Å²) in [5.41, 5.74) is 2.17. The van der Waals surface area contributed by atoms with Crippen molar-refractivity contribution in [3.8, 4) is 16.9 Å². The van der Waals surface area contributed by atoms with Gasteiger partial charge in [0.25, 0.3) is 0 Å². The van der Waals surface area contributed by atoms with E-state index >= 15 is 0 Å². The Kier molecular flexibility index (Phi) is 3.60. The van der Waals surface area contributed by atoms with E-state index in [2.05, 4.69) is 10.3 Å². The Labute approximate surface area is 130 Å².